The predicted octanol–water partition coefficient (Wildman–Crippen LogP) is 4.18. The van der Waals surface area contributed by atoms with Crippen LogP contribution in [0.4, 0.5) is 5.69 Å². The van der Waals surface area contributed by atoms with Crippen LogP contribution in [0.2, 0.25) is 0 Å². The van der Waals surface area contributed by atoms with Crippen LogP contribution < -0.4 is 0 Å². The third kappa shape index (κ3) is 2.54. The summed E-state index contributed by atoms with van der Waals surface area (Å²) in [5.74, 6) is -0.677. The third-order valence-electron chi connectivity index (χ3n) is 4.09. The summed E-state index contributed by atoms with van der Waals surface area (Å²) in [6.07, 6.45) is 1.43. The first-order chi connectivity index (χ1) is 11.4. The molecule has 120 valence electrons. The summed E-state index contributed by atoms with van der Waals surface area (Å²) in [7, 11) is 0. The van der Waals surface area contributed by atoms with Crippen LogP contribution in [0.5, 0.6) is 0 Å². The first-order valence-corrected chi connectivity index (χ1v) is 7.58. The van der Waals surface area contributed by atoms with Gasteiger partial charge in [-0.05, 0) is 17.6 Å². The first-order valence-electron chi connectivity index (χ1n) is 7.58. The van der Waals surface area contributed by atoms with Crippen molar-refractivity contribution in [2.75, 3.05) is 0 Å². The normalized spacial score (nSPS) is 13.4. The van der Waals surface area contributed by atoms with Gasteiger partial charge in [-0.15, -0.1) is 0 Å². The van der Waals surface area contributed by atoms with Gasteiger partial charge in [0.05, 0.1) is 10.5 Å². The molecule has 0 atom stereocenters. The topological polar surface area (TPSA) is 77.3 Å². The zero-order valence-electron chi connectivity index (χ0n) is 13.3. The number of carbonyl (C=O) groups excluding carboxylic acids is 2. The molecule has 0 radical (unpaired) electrons. The lowest BCUT2D eigenvalue weighted by Crippen LogP contribution is -2.01. The maximum absolute atomic E-state index is 12.4. The van der Waals surface area contributed by atoms with Crippen molar-refractivity contribution in [1.29, 1.82) is 0 Å². The molecule has 0 aromatic heterocycles. The molecule has 2 aromatic carbocycles. The second-order valence-electron chi connectivity index (χ2n) is 5.99. The molecule has 0 aliphatic heterocycles. The Kier molecular flexibility index (Phi) is 3.85. The monoisotopic (exact) mass is 321 g/mol. The van der Waals surface area contributed by atoms with Crippen molar-refractivity contribution >= 4 is 23.3 Å². The summed E-state index contributed by atoms with van der Waals surface area (Å²) >= 11 is 0. The van der Waals surface area contributed by atoms with E-state index in [1.54, 1.807) is 36.4 Å². The molecular formula is C19H15NO4. The zero-order valence-corrected chi connectivity index (χ0v) is 13.3. The molecule has 0 fully saturated rings. The number of ketones is 2. The molecule has 0 bridgehead atoms. The molecule has 3 rings (SSSR count). The summed E-state index contributed by atoms with van der Waals surface area (Å²) in [6.45, 7) is 3.75. The molecule has 2 aromatic rings. The largest absolute Gasteiger partial charge is 0.288 e. The van der Waals surface area contributed by atoms with E-state index in [1.165, 1.54) is 12.1 Å². The molecule has 24 heavy (non-hydrogen) atoms. The lowest BCUT2D eigenvalue weighted by molar-refractivity contribution is -0.385. The van der Waals surface area contributed by atoms with Crippen molar-refractivity contribution in [2.45, 2.75) is 19.8 Å². The second-order valence-corrected chi connectivity index (χ2v) is 5.99. The van der Waals surface area contributed by atoms with Crippen LogP contribution >= 0.6 is 0 Å². The van der Waals surface area contributed by atoms with Crippen LogP contribution in [-0.2, 0) is 0 Å². The molecule has 0 heterocycles. The Labute approximate surface area is 138 Å². The molecule has 1 aliphatic carbocycles. The molecule has 0 saturated heterocycles. The van der Waals surface area contributed by atoms with E-state index in [4.69, 9.17) is 0 Å². The highest BCUT2D eigenvalue weighted by Crippen LogP contribution is 2.31. The van der Waals surface area contributed by atoms with Gasteiger partial charge in [0.2, 0.25) is 0 Å². The van der Waals surface area contributed by atoms with Crippen molar-refractivity contribution in [3.63, 3.8) is 0 Å². The lowest BCUT2D eigenvalue weighted by atomic mass is 9.98. The molecule has 0 unspecified atom stereocenters. The maximum Gasteiger partial charge on any atom is 0.273 e. The van der Waals surface area contributed by atoms with Crippen LogP contribution in [0.1, 0.15) is 51.6 Å². The quantitative estimate of drug-likeness (QED) is 0.368. The van der Waals surface area contributed by atoms with Crippen molar-refractivity contribution in [1.82, 2.24) is 0 Å². The van der Waals surface area contributed by atoms with E-state index < -0.39 is 4.92 Å². The summed E-state index contributed by atoms with van der Waals surface area (Å²) in [5.41, 5.74) is 1.88. The molecule has 0 spiro atoms. The van der Waals surface area contributed by atoms with E-state index in [0.29, 0.717) is 22.3 Å². The number of nitrogens with zero attached hydrogens (tertiary/aromatic N) is 1. The van der Waals surface area contributed by atoms with Crippen molar-refractivity contribution < 1.29 is 14.5 Å². The lowest BCUT2D eigenvalue weighted by Gasteiger charge is -2.07. The number of carbonyl (C=O) groups is 2. The van der Waals surface area contributed by atoms with Crippen LogP contribution in [0.3, 0.4) is 0 Å². The van der Waals surface area contributed by atoms with E-state index in [9.17, 15) is 19.7 Å². The van der Waals surface area contributed by atoms with Crippen LogP contribution in [-0.4, -0.2) is 16.5 Å². The third-order valence-corrected chi connectivity index (χ3v) is 4.09. The van der Waals surface area contributed by atoms with Gasteiger partial charge in [0.1, 0.15) is 0 Å². The number of fused-ring (bicyclic) bond motifs is 1. The molecule has 0 N–H and O–H groups in total. The van der Waals surface area contributed by atoms with E-state index in [2.05, 4.69) is 0 Å². The number of allylic oxidation sites excluding steroid dienone is 1. The number of hydrogen-bond acceptors (Lipinski definition) is 4. The fourth-order valence-electron chi connectivity index (χ4n) is 2.87. The van der Waals surface area contributed by atoms with Gasteiger partial charge in [-0.1, -0.05) is 50.2 Å². The van der Waals surface area contributed by atoms with Gasteiger partial charge < -0.3 is 0 Å². The number of hydrogen-bond donors (Lipinski definition) is 0. The summed E-state index contributed by atoms with van der Waals surface area (Å²) in [6, 6.07) is 11.4. The van der Waals surface area contributed by atoms with Gasteiger partial charge in [0.25, 0.3) is 5.69 Å². The minimum atomic E-state index is -0.440. The Balaban J connectivity index is 2.07. The van der Waals surface area contributed by atoms with Crippen molar-refractivity contribution in [3.8, 4) is 0 Å². The SMILES string of the molecule is CC(C)c1ccc(C=C2C(=O)c3ccccc3C2=O)cc1[N+](=O)[O-]. The Morgan fingerprint density at radius 2 is 1.58 bits per heavy atom. The van der Waals surface area contributed by atoms with Gasteiger partial charge >= 0.3 is 0 Å². The molecule has 5 nitrogen and oxygen atoms in total. The number of benzene rings is 2. The number of rotatable bonds is 3. The molecule has 1 aliphatic rings. The molecule has 5 heteroatoms. The standard InChI is InChI=1S/C19H15NO4/c1-11(2)13-8-7-12(10-17(13)20(23)24)9-16-18(21)14-5-3-4-6-15(14)19(16)22/h3-11H,1-2H3. The average molecular weight is 321 g/mol. The van der Waals surface area contributed by atoms with E-state index >= 15 is 0 Å². The van der Waals surface area contributed by atoms with Crippen molar-refractivity contribution in [2.24, 2.45) is 0 Å². The van der Waals surface area contributed by atoms with E-state index in [-0.39, 0.29) is 28.7 Å². The average Bonchev–Trinajstić information content (AvgIpc) is 2.80. The Hall–Kier alpha value is -3.08. The van der Waals surface area contributed by atoms with Crippen LogP contribution in [0.15, 0.2) is 48.0 Å². The van der Waals surface area contributed by atoms with Gasteiger partial charge in [0.15, 0.2) is 11.6 Å². The first kappa shape index (κ1) is 15.8. The highest BCUT2D eigenvalue weighted by atomic mass is 16.6. The van der Waals surface area contributed by atoms with Gasteiger partial charge in [-0.25, -0.2) is 0 Å². The Bertz CT molecular complexity index is 872. The highest BCUT2D eigenvalue weighted by Gasteiger charge is 2.32. The minimum Gasteiger partial charge on any atom is -0.288 e. The Morgan fingerprint density at radius 3 is 2.08 bits per heavy atom. The smallest absolute Gasteiger partial charge is 0.273 e. The van der Waals surface area contributed by atoms with Gasteiger partial charge in [0, 0.05) is 22.8 Å². The van der Waals surface area contributed by atoms with Gasteiger partial charge in [-0.2, -0.15) is 0 Å². The summed E-state index contributed by atoms with van der Waals surface area (Å²) in [5, 5.41) is 11.3. The van der Waals surface area contributed by atoms with Gasteiger partial charge in [-0.3, -0.25) is 19.7 Å². The minimum absolute atomic E-state index is 0.00485. The summed E-state index contributed by atoms with van der Waals surface area (Å²) < 4.78 is 0. The van der Waals surface area contributed by atoms with Crippen LogP contribution in [0, 0.1) is 10.1 Å². The second kappa shape index (κ2) is 5.85. The fourth-order valence-corrected chi connectivity index (χ4v) is 2.87. The maximum atomic E-state index is 12.4. The summed E-state index contributed by atoms with van der Waals surface area (Å²) in [4.78, 5) is 35.6. The fraction of sp³-hybridized carbons (Fsp3) is 0.158. The number of Topliss-reactive ketones (excluding diaryl/α,β-unsaturated/α-hetero) is 2. The predicted molar refractivity (Wildman–Crippen MR) is 90.3 cm³/mol. The number of nitro benzene ring substituents is 1. The van der Waals surface area contributed by atoms with E-state index in [0.717, 1.165) is 0 Å². The van der Waals surface area contributed by atoms with E-state index in [1.807, 2.05) is 13.8 Å². The Morgan fingerprint density at radius 1 is 1.00 bits per heavy atom. The highest BCUT2D eigenvalue weighted by molar-refractivity contribution is 6.41. The molecule has 0 amide bonds. The van der Waals surface area contributed by atoms with Crippen LogP contribution in [0.25, 0.3) is 6.08 Å². The number of nitro groups is 1. The molecular weight excluding hydrogens is 306 g/mol. The molecule has 0 saturated carbocycles. The zero-order chi connectivity index (χ0) is 17.4. The van der Waals surface area contributed by atoms with Crippen molar-refractivity contribution in [3.05, 3.63) is 80.4 Å².